The maximum Gasteiger partial charge on any atom is 0.244 e. The second-order valence-electron chi connectivity index (χ2n) is 4.42. The number of carbonyl (C=O) groups is 1. The van der Waals surface area contributed by atoms with Crippen molar-refractivity contribution in [3.05, 3.63) is 42.0 Å². The molecule has 21 heavy (non-hydrogen) atoms. The fraction of sp³-hybridized carbons (Fsp3) is 0.214. The predicted molar refractivity (Wildman–Crippen MR) is 74.7 cm³/mol. The molecule has 1 aromatic carbocycles. The molecule has 1 aliphatic heterocycles. The van der Waals surface area contributed by atoms with Crippen molar-refractivity contribution < 1.29 is 14.3 Å². The number of rotatable bonds is 5. The van der Waals surface area contributed by atoms with Crippen molar-refractivity contribution in [3.63, 3.8) is 0 Å². The van der Waals surface area contributed by atoms with Gasteiger partial charge in [-0.1, -0.05) is 6.07 Å². The van der Waals surface area contributed by atoms with Gasteiger partial charge in [-0.3, -0.25) is 9.89 Å². The number of ether oxygens (including phenoxy) is 2. The number of H-pyrrole nitrogens is 1. The first-order valence-corrected chi connectivity index (χ1v) is 6.51. The first-order valence-electron chi connectivity index (χ1n) is 6.51. The van der Waals surface area contributed by atoms with E-state index in [1.807, 2.05) is 18.2 Å². The highest BCUT2D eigenvalue weighted by molar-refractivity contribution is 5.91. The van der Waals surface area contributed by atoms with Crippen LogP contribution in [0.3, 0.4) is 0 Å². The second-order valence-corrected chi connectivity index (χ2v) is 4.42. The number of fused-ring (bicyclic) bond motifs is 1. The Kier molecular flexibility index (Phi) is 3.81. The molecule has 0 radical (unpaired) electrons. The summed E-state index contributed by atoms with van der Waals surface area (Å²) < 4.78 is 10.5. The monoisotopic (exact) mass is 286 g/mol. The summed E-state index contributed by atoms with van der Waals surface area (Å²) in [6, 6.07) is 5.52. The molecule has 0 unspecified atom stereocenters. The third-order valence-electron chi connectivity index (χ3n) is 2.95. The van der Waals surface area contributed by atoms with Crippen LogP contribution < -0.4 is 14.8 Å². The van der Waals surface area contributed by atoms with Crippen LogP contribution in [0.15, 0.2) is 30.6 Å². The standard InChI is InChI=1S/C14H14N4O3/c19-14(15-6-5-13-16-8-17-18-13)4-2-10-1-3-11-12(7-10)21-9-20-11/h1-4,7-8H,5-6,9H2,(H,15,19)(H,16,17,18). The molecule has 1 aromatic heterocycles. The Morgan fingerprint density at radius 1 is 1.38 bits per heavy atom. The van der Waals surface area contributed by atoms with E-state index in [1.165, 1.54) is 12.4 Å². The van der Waals surface area contributed by atoms with E-state index < -0.39 is 0 Å². The van der Waals surface area contributed by atoms with Gasteiger partial charge < -0.3 is 14.8 Å². The summed E-state index contributed by atoms with van der Waals surface area (Å²) in [4.78, 5) is 15.7. The molecule has 0 atom stereocenters. The Morgan fingerprint density at radius 2 is 2.29 bits per heavy atom. The van der Waals surface area contributed by atoms with Gasteiger partial charge in [-0.2, -0.15) is 5.10 Å². The van der Waals surface area contributed by atoms with E-state index in [2.05, 4.69) is 20.5 Å². The number of amides is 1. The van der Waals surface area contributed by atoms with Gasteiger partial charge in [-0.05, 0) is 23.8 Å². The van der Waals surface area contributed by atoms with Crippen LogP contribution in [-0.4, -0.2) is 34.4 Å². The molecular weight excluding hydrogens is 272 g/mol. The summed E-state index contributed by atoms with van der Waals surface area (Å²) in [6.07, 6.45) is 5.27. The van der Waals surface area contributed by atoms with Crippen LogP contribution in [0.4, 0.5) is 0 Å². The van der Waals surface area contributed by atoms with Gasteiger partial charge in [0, 0.05) is 19.0 Å². The topological polar surface area (TPSA) is 89.1 Å². The van der Waals surface area contributed by atoms with Gasteiger partial charge in [0.05, 0.1) is 0 Å². The molecule has 0 bridgehead atoms. The normalized spacial score (nSPS) is 12.8. The minimum absolute atomic E-state index is 0.160. The van der Waals surface area contributed by atoms with Gasteiger partial charge >= 0.3 is 0 Å². The maximum absolute atomic E-state index is 11.7. The van der Waals surface area contributed by atoms with Crippen molar-refractivity contribution in [1.82, 2.24) is 20.5 Å². The maximum atomic E-state index is 11.7. The van der Waals surface area contributed by atoms with Gasteiger partial charge in [0.15, 0.2) is 11.5 Å². The van der Waals surface area contributed by atoms with Crippen LogP contribution in [0.5, 0.6) is 11.5 Å². The van der Waals surface area contributed by atoms with Crippen LogP contribution >= 0.6 is 0 Å². The third kappa shape index (κ3) is 3.38. The van der Waals surface area contributed by atoms with Crippen LogP contribution in [-0.2, 0) is 11.2 Å². The lowest BCUT2D eigenvalue weighted by molar-refractivity contribution is -0.116. The molecule has 2 aromatic rings. The zero-order valence-corrected chi connectivity index (χ0v) is 11.2. The van der Waals surface area contributed by atoms with E-state index >= 15 is 0 Å². The molecule has 2 heterocycles. The zero-order valence-electron chi connectivity index (χ0n) is 11.2. The minimum atomic E-state index is -0.160. The molecule has 108 valence electrons. The molecule has 1 aliphatic rings. The van der Waals surface area contributed by atoms with Crippen molar-refractivity contribution in [3.8, 4) is 11.5 Å². The van der Waals surface area contributed by atoms with E-state index in [-0.39, 0.29) is 12.7 Å². The second kappa shape index (κ2) is 6.08. The smallest absolute Gasteiger partial charge is 0.244 e. The van der Waals surface area contributed by atoms with E-state index in [1.54, 1.807) is 6.08 Å². The summed E-state index contributed by atoms with van der Waals surface area (Å²) in [7, 11) is 0. The van der Waals surface area contributed by atoms with Crippen molar-refractivity contribution in [2.24, 2.45) is 0 Å². The number of benzene rings is 1. The number of aromatic nitrogens is 3. The van der Waals surface area contributed by atoms with E-state index in [9.17, 15) is 4.79 Å². The number of carbonyl (C=O) groups excluding carboxylic acids is 1. The molecule has 7 heteroatoms. The first kappa shape index (κ1) is 13.2. The lowest BCUT2D eigenvalue weighted by Gasteiger charge is -2.00. The highest BCUT2D eigenvalue weighted by Crippen LogP contribution is 2.32. The Morgan fingerprint density at radius 3 is 3.14 bits per heavy atom. The van der Waals surface area contributed by atoms with Crippen LogP contribution in [0, 0.1) is 0 Å². The fourth-order valence-corrected chi connectivity index (χ4v) is 1.90. The van der Waals surface area contributed by atoms with Gasteiger partial charge in [-0.15, -0.1) is 0 Å². The minimum Gasteiger partial charge on any atom is -0.454 e. The summed E-state index contributed by atoms with van der Waals surface area (Å²) in [5.41, 5.74) is 0.879. The molecule has 0 spiro atoms. The van der Waals surface area contributed by atoms with Crippen LogP contribution in [0.1, 0.15) is 11.4 Å². The van der Waals surface area contributed by atoms with Crippen molar-refractivity contribution in [2.75, 3.05) is 13.3 Å². The zero-order chi connectivity index (χ0) is 14.5. The SMILES string of the molecule is O=C(C=Cc1ccc2c(c1)OCO2)NCCc1ncn[nH]1. The Hall–Kier alpha value is -2.83. The number of aromatic amines is 1. The van der Waals surface area contributed by atoms with Gasteiger partial charge in [0.25, 0.3) is 0 Å². The third-order valence-corrected chi connectivity index (χ3v) is 2.95. The summed E-state index contributed by atoms with van der Waals surface area (Å²) in [5.74, 6) is 2.01. The molecular formula is C14H14N4O3. The predicted octanol–water partition coefficient (Wildman–Crippen LogP) is 0.905. The number of nitrogens with zero attached hydrogens (tertiary/aromatic N) is 2. The number of hydrogen-bond donors (Lipinski definition) is 2. The molecule has 0 saturated heterocycles. The van der Waals surface area contributed by atoms with Gasteiger partial charge in [0.2, 0.25) is 12.7 Å². The van der Waals surface area contributed by atoms with Crippen molar-refractivity contribution in [1.29, 1.82) is 0 Å². The average Bonchev–Trinajstić information content (AvgIpc) is 3.15. The molecule has 0 saturated carbocycles. The van der Waals surface area contributed by atoms with Crippen molar-refractivity contribution >= 4 is 12.0 Å². The summed E-state index contributed by atoms with van der Waals surface area (Å²) >= 11 is 0. The van der Waals surface area contributed by atoms with Crippen LogP contribution in [0.25, 0.3) is 6.08 Å². The van der Waals surface area contributed by atoms with Gasteiger partial charge in [-0.25, -0.2) is 4.98 Å². The Bertz CT molecular complexity index is 652. The van der Waals surface area contributed by atoms with E-state index in [4.69, 9.17) is 9.47 Å². The molecule has 3 rings (SSSR count). The van der Waals surface area contributed by atoms with Crippen molar-refractivity contribution in [2.45, 2.75) is 6.42 Å². The van der Waals surface area contributed by atoms with Crippen LogP contribution in [0.2, 0.25) is 0 Å². The Balaban J connectivity index is 1.50. The lowest BCUT2D eigenvalue weighted by atomic mass is 10.2. The molecule has 1 amide bonds. The van der Waals surface area contributed by atoms with E-state index in [0.717, 1.165) is 17.1 Å². The summed E-state index contributed by atoms with van der Waals surface area (Å²) in [6.45, 7) is 0.740. The average molecular weight is 286 g/mol. The number of nitrogens with one attached hydrogen (secondary N) is 2. The largest absolute Gasteiger partial charge is 0.454 e. The quantitative estimate of drug-likeness (QED) is 0.797. The highest BCUT2D eigenvalue weighted by atomic mass is 16.7. The first-order chi connectivity index (χ1) is 10.3. The fourth-order valence-electron chi connectivity index (χ4n) is 1.90. The molecule has 2 N–H and O–H groups in total. The molecule has 7 nitrogen and oxygen atoms in total. The molecule has 0 aliphatic carbocycles. The van der Waals surface area contributed by atoms with E-state index in [0.29, 0.717) is 18.7 Å². The molecule has 0 fully saturated rings. The lowest BCUT2D eigenvalue weighted by Crippen LogP contribution is -2.23. The number of hydrogen-bond acceptors (Lipinski definition) is 5. The Labute approximate surface area is 121 Å². The highest BCUT2D eigenvalue weighted by Gasteiger charge is 2.12. The summed E-state index contributed by atoms with van der Waals surface area (Å²) in [5, 5.41) is 9.25. The van der Waals surface area contributed by atoms with Gasteiger partial charge in [0.1, 0.15) is 12.2 Å².